The summed E-state index contributed by atoms with van der Waals surface area (Å²) in [7, 11) is 1.19. The van der Waals surface area contributed by atoms with E-state index in [1.54, 1.807) is 13.8 Å². The molecule has 0 bridgehead atoms. The van der Waals surface area contributed by atoms with Gasteiger partial charge in [-0.15, -0.1) is 0 Å². The van der Waals surface area contributed by atoms with Crippen molar-refractivity contribution in [3.8, 4) is 5.75 Å². The average Bonchev–Trinajstić information content (AvgIpc) is 2.92. The lowest BCUT2D eigenvalue weighted by atomic mass is 10.2. The van der Waals surface area contributed by atoms with Gasteiger partial charge in [0.15, 0.2) is 0 Å². The number of esters is 1. The van der Waals surface area contributed by atoms with Crippen LogP contribution in [0.3, 0.4) is 0 Å². The van der Waals surface area contributed by atoms with Crippen molar-refractivity contribution in [2.45, 2.75) is 38.5 Å². The summed E-state index contributed by atoms with van der Waals surface area (Å²) in [6, 6.07) is 0.645. The summed E-state index contributed by atoms with van der Waals surface area (Å²) in [5, 5.41) is 12.2. The van der Waals surface area contributed by atoms with Gasteiger partial charge in [-0.25, -0.2) is 14.0 Å². The van der Waals surface area contributed by atoms with Gasteiger partial charge in [-0.2, -0.15) is 0 Å². The summed E-state index contributed by atoms with van der Waals surface area (Å²) >= 11 is 5.93. The number of rotatable bonds is 4. The van der Waals surface area contributed by atoms with Crippen molar-refractivity contribution < 1.29 is 28.6 Å². The number of aliphatic hydroxyl groups excluding tert-OH is 1. The summed E-state index contributed by atoms with van der Waals surface area (Å²) in [5.41, 5.74) is -0.143. The molecule has 0 aliphatic carbocycles. The predicted molar refractivity (Wildman–Crippen MR) is 89.3 cm³/mol. The maximum absolute atomic E-state index is 14.1. The maximum atomic E-state index is 14.1. The van der Waals surface area contributed by atoms with Gasteiger partial charge >= 0.3 is 12.0 Å². The Labute approximate surface area is 149 Å². The Morgan fingerprint density at radius 1 is 1.44 bits per heavy atom. The number of β-amino-alcohol motifs (C(OH)–C–C–N with tert-alkyl or cyclic N) is 1. The van der Waals surface area contributed by atoms with Crippen molar-refractivity contribution in [1.82, 2.24) is 4.90 Å². The molecule has 1 aliphatic heterocycles. The van der Waals surface area contributed by atoms with E-state index in [2.05, 4.69) is 10.1 Å². The number of methoxy groups -OCH3 is 1. The Morgan fingerprint density at radius 2 is 2.12 bits per heavy atom. The molecule has 1 aromatic carbocycles. The molecule has 9 heteroatoms. The number of likely N-dealkylation sites (tertiary alicyclic amines) is 1. The zero-order valence-electron chi connectivity index (χ0n) is 14.1. The molecule has 1 aliphatic rings. The third-order valence-corrected chi connectivity index (χ3v) is 3.93. The van der Waals surface area contributed by atoms with E-state index in [0.29, 0.717) is 0 Å². The molecule has 7 nitrogen and oxygen atoms in total. The number of urea groups is 1. The quantitative estimate of drug-likeness (QED) is 0.790. The van der Waals surface area contributed by atoms with Gasteiger partial charge < -0.3 is 24.8 Å². The molecular formula is C16H20ClFN2O5. The van der Waals surface area contributed by atoms with Crippen LogP contribution in [0.25, 0.3) is 0 Å². The molecule has 2 rings (SSSR count). The lowest BCUT2D eigenvalue weighted by Gasteiger charge is -2.23. The molecule has 0 saturated carbocycles. The summed E-state index contributed by atoms with van der Waals surface area (Å²) in [6.07, 6.45) is -0.987. The minimum Gasteiger partial charge on any atom is -0.489 e. The number of hydrogen-bond acceptors (Lipinski definition) is 5. The van der Waals surface area contributed by atoms with Crippen LogP contribution in [0.15, 0.2) is 12.1 Å². The molecule has 2 atom stereocenters. The standard InChI is InChI=1S/C16H20ClFN2O5/c1-8(2)25-14-6-12(11(18)5-10(14)17)19-16(23)20-7-9(21)4-13(20)15(22)24-3/h5-6,8-9,13,21H,4,7H2,1-3H3,(H,19,23)/t9?,13-/m0/s1. The fourth-order valence-electron chi connectivity index (χ4n) is 2.55. The normalized spacial score (nSPS) is 19.9. The third kappa shape index (κ3) is 4.52. The first kappa shape index (κ1) is 19.3. The van der Waals surface area contributed by atoms with Crippen LogP contribution in [0.1, 0.15) is 20.3 Å². The number of hydrogen-bond donors (Lipinski definition) is 2. The highest BCUT2D eigenvalue weighted by molar-refractivity contribution is 6.32. The van der Waals surface area contributed by atoms with Crippen LogP contribution in [0, 0.1) is 5.82 Å². The number of ether oxygens (including phenoxy) is 2. The molecule has 1 aromatic rings. The number of carbonyl (C=O) groups is 2. The zero-order chi connectivity index (χ0) is 18.7. The van der Waals surface area contributed by atoms with E-state index in [0.717, 1.165) is 11.0 Å². The van der Waals surface area contributed by atoms with Crippen molar-refractivity contribution in [2.75, 3.05) is 19.0 Å². The molecular weight excluding hydrogens is 355 g/mol. The Hall–Kier alpha value is -2.06. The van der Waals surface area contributed by atoms with Gasteiger partial charge in [-0.05, 0) is 19.9 Å². The largest absolute Gasteiger partial charge is 0.489 e. The molecule has 0 aromatic heterocycles. The lowest BCUT2D eigenvalue weighted by molar-refractivity contribution is -0.144. The van der Waals surface area contributed by atoms with Crippen LogP contribution < -0.4 is 10.1 Å². The first-order valence-corrected chi connectivity index (χ1v) is 8.10. The van der Waals surface area contributed by atoms with Crippen molar-refractivity contribution in [3.05, 3.63) is 23.0 Å². The van der Waals surface area contributed by atoms with E-state index >= 15 is 0 Å². The van der Waals surface area contributed by atoms with Gasteiger partial charge in [0, 0.05) is 19.0 Å². The zero-order valence-corrected chi connectivity index (χ0v) is 14.8. The monoisotopic (exact) mass is 374 g/mol. The smallest absolute Gasteiger partial charge is 0.328 e. The second-order valence-corrected chi connectivity index (χ2v) is 6.35. The number of anilines is 1. The van der Waals surface area contributed by atoms with Gasteiger partial charge in [0.1, 0.15) is 17.6 Å². The molecule has 1 heterocycles. The molecule has 1 fully saturated rings. The summed E-state index contributed by atoms with van der Waals surface area (Å²) in [4.78, 5) is 25.3. The van der Waals surface area contributed by atoms with Crippen LogP contribution in [-0.2, 0) is 9.53 Å². The number of amides is 2. The second-order valence-electron chi connectivity index (χ2n) is 5.94. The molecule has 25 heavy (non-hydrogen) atoms. The number of aliphatic hydroxyl groups is 1. The van der Waals surface area contributed by atoms with Gasteiger partial charge in [0.25, 0.3) is 0 Å². The predicted octanol–water partition coefficient (Wildman–Crippen LogP) is 2.41. The van der Waals surface area contributed by atoms with E-state index in [1.165, 1.54) is 13.2 Å². The van der Waals surface area contributed by atoms with E-state index in [1.807, 2.05) is 0 Å². The van der Waals surface area contributed by atoms with Gasteiger partial charge in [-0.1, -0.05) is 11.6 Å². The van der Waals surface area contributed by atoms with Crippen molar-refractivity contribution in [1.29, 1.82) is 0 Å². The highest BCUT2D eigenvalue weighted by Crippen LogP contribution is 2.32. The molecule has 2 N–H and O–H groups in total. The topological polar surface area (TPSA) is 88.1 Å². The fraction of sp³-hybridized carbons (Fsp3) is 0.500. The van der Waals surface area contributed by atoms with E-state index in [-0.39, 0.29) is 35.5 Å². The minimum atomic E-state index is -0.929. The molecule has 1 unspecified atom stereocenters. The van der Waals surface area contributed by atoms with Crippen LogP contribution in [-0.4, -0.2) is 53.9 Å². The number of nitrogens with zero attached hydrogens (tertiary/aromatic N) is 1. The number of nitrogens with one attached hydrogen (secondary N) is 1. The van der Waals surface area contributed by atoms with Crippen LogP contribution in [0.4, 0.5) is 14.9 Å². The first-order chi connectivity index (χ1) is 11.7. The van der Waals surface area contributed by atoms with Crippen molar-refractivity contribution in [2.24, 2.45) is 0 Å². The molecule has 2 amide bonds. The molecule has 0 spiro atoms. The van der Waals surface area contributed by atoms with Gasteiger partial charge in [0.2, 0.25) is 0 Å². The van der Waals surface area contributed by atoms with Gasteiger partial charge in [0.05, 0.1) is 30.0 Å². The summed E-state index contributed by atoms with van der Waals surface area (Å²) in [6.45, 7) is 3.51. The Balaban J connectivity index is 2.20. The fourth-order valence-corrected chi connectivity index (χ4v) is 2.75. The molecule has 0 radical (unpaired) electrons. The van der Waals surface area contributed by atoms with Crippen LogP contribution in [0.5, 0.6) is 5.75 Å². The number of halogens is 2. The number of benzene rings is 1. The van der Waals surface area contributed by atoms with E-state index in [4.69, 9.17) is 16.3 Å². The number of carbonyl (C=O) groups excluding carboxylic acids is 2. The van der Waals surface area contributed by atoms with E-state index < -0.39 is 30.0 Å². The Morgan fingerprint density at radius 3 is 2.72 bits per heavy atom. The summed E-state index contributed by atoms with van der Waals surface area (Å²) in [5.74, 6) is -1.17. The molecule has 1 saturated heterocycles. The average molecular weight is 375 g/mol. The highest BCUT2D eigenvalue weighted by Gasteiger charge is 2.40. The first-order valence-electron chi connectivity index (χ1n) is 7.72. The van der Waals surface area contributed by atoms with Crippen molar-refractivity contribution in [3.63, 3.8) is 0 Å². The van der Waals surface area contributed by atoms with E-state index in [9.17, 15) is 19.1 Å². The van der Waals surface area contributed by atoms with Gasteiger partial charge in [-0.3, -0.25) is 0 Å². The lowest BCUT2D eigenvalue weighted by Crippen LogP contribution is -2.43. The minimum absolute atomic E-state index is 0.0594. The maximum Gasteiger partial charge on any atom is 0.328 e. The third-order valence-electron chi connectivity index (χ3n) is 3.64. The van der Waals surface area contributed by atoms with Crippen molar-refractivity contribution >= 4 is 29.3 Å². The Kier molecular flexibility index (Phi) is 6.07. The van der Waals surface area contributed by atoms with Crippen LogP contribution in [0.2, 0.25) is 5.02 Å². The summed E-state index contributed by atoms with van der Waals surface area (Å²) < 4.78 is 24.2. The SMILES string of the molecule is COC(=O)[C@@H]1CC(O)CN1C(=O)Nc1cc(OC(C)C)c(Cl)cc1F. The Bertz CT molecular complexity index is 670. The molecule has 138 valence electrons. The second kappa shape index (κ2) is 7.88. The highest BCUT2D eigenvalue weighted by atomic mass is 35.5. The van der Waals surface area contributed by atoms with Crippen LogP contribution >= 0.6 is 11.6 Å².